The van der Waals surface area contributed by atoms with E-state index in [1.165, 1.54) is 0 Å². The second kappa shape index (κ2) is 4.23. The van der Waals surface area contributed by atoms with Crippen LogP contribution in [0, 0.1) is 0 Å². The van der Waals surface area contributed by atoms with Crippen molar-refractivity contribution in [2.75, 3.05) is 0 Å². The Labute approximate surface area is 72.6 Å². The van der Waals surface area contributed by atoms with Crippen molar-refractivity contribution < 1.29 is 13.5 Å². The van der Waals surface area contributed by atoms with Crippen molar-refractivity contribution in [1.29, 1.82) is 0 Å². The zero-order chi connectivity index (χ0) is 8.97. The minimum Gasteiger partial charge on any atom is -0.392 e. The van der Waals surface area contributed by atoms with Gasteiger partial charge in [-0.05, 0) is 11.1 Å². The topological polar surface area (TPSA) is 54.4 Å². The van der Waals surface area contributed by atoms with Crippen LogP contribution in [0.25, 0.3) is 0 Å². The number of benzene rings is 1. The minimum atomic E-state index is -2.41. The van der Waals surface area contributed by atoms with Gasteiger partial charge in [0.2, 0.25) is 0 Å². The van der Waals surface area contributed by atoms with Gasteiger partial charge in [-0.1, -0.05) is 24.3 Å². The molecule has 0 amide bonds. The number of rotatable bonds is 3. The number of aliphatic hydroxyl groups is 1. The first-order valence-electron chi connectivity index (χ1n) is 3.53. The Morgan fingerprint density at radius 1 is 1.17 bits per heavy atom. The monoisotopic (exact) mass is 186 g/mol. The molecule has 12 heavy (non-hydrogen) atoms. The van der Waals surface area contributed by atoms with Crippen LogP contribution < -0.4 is 0 Å². The van der Waals surface area contributed by atoms with E-state index in [2.05, 4.69) is 0 Å². The summed E-state index contributed by atoms with van der Waals surface area (Å²) in [5.74, 6) is 0.00602. The number of hydrogen-bond acceptors (Lipinski definition) is 3. The lowest BCUT2D eigenvalue weighted by atomic mass is 10.1. The van der Waals surface area contributed by atoms with Crippen LogP contribution in [0.3, 0.4) is 0 Å². The third-order valence-corrected chi connectivity index (χ3v) is 2.19. The number of hydrogen-bond donors (Lipinski definition) is 2. The summed E-state index contributed by atoms with van der Waals surface area (Å²) in [6.07, 6.45) is 0. The number of thiol groups is 1. The van der Waals surface area contributed by atoms with Gasteiger partial charge in [-0.15, -0.1) is 0 Å². The molecule has 0 aromatic heterocycles. The maximum Gasteiger partial charge on any atom is 0.144 e. The highest BCUT2D eigenvalue weighted by atomic mass is 32.2. The average molecular weight is 186 g/mol. The van der Waals surface area contributed by atoms with Crippen molar-refractivity contribution in [2.45, 2.75) is 12.4 Å². The van der Waals surface area contributed by atoms with Gasteiger partial charge in [0, 0.05) is 0 Å². The van der Waals surface area contributed by atoms with E-state index in [4.69, 9.17) is 5.11 Å². The Balaban J connectivity index is 2.96. The summed E-state index contributed by atoms with van der Waals surface area (Å²) < 4.78 is 20.8. The average Bonchev–Trinajstić information content (AvgIpc) is 2.04. The van der Waals surface area contributed by atoms with Gasteiger partial charge >= 0.3 is 0 Å². The Hall–Kier alpha value is -0.870. The van der Waals surface area contributed by atoms with E-state index in [1.54, 1.807) is 24.3 Å². The van der Waals surface area contributed by atoms with Crippen LogP contribution >= 0.6 is 0 Å². The van der Waals surface area contributed by atoms with E-state index in [0.717, 1.165) is 0 Å². The predicted octanol–water partition coefficient (Wildman–Crippen LogP) is 0.290. The summed E-state index contributed by atoms with van der Waals surface area (Å²) in [7, 11) is -2.41. The lowest BCUT2D eigenvalue weighted by molar-refractivity contribution is 0.281. The molecule has 0 spiro atoms. The second-order valence-electron chi connectivity index (χ2n) is 2.42. The van der Waals surface area contributed by atoms with Crippen LogP contribution in [0.2, 0.25) is 0 Å². The van der Waals surface area contributed by atoms with E-state index in [9.17, 15) is 8.42 Å². The summed E-state index contributed by atoms with van der Waals surface area (Å²) in [5.41, 5.74) is 1.35. The van der Waals surface area contributed by atoms with Gasteiger partial charge in [-0.3, -0.25) is 0 Å². The maximum atomic E-state index is 10.4. The van der Waals surface area contributed by atoms with Crippen molar-refractivity contribution in [3.8, 4) is 0 Å². The van der Waals surface area contributed by atoms with Gasteiger partial charge in [0.1, 0.15) is 10.7 Å². The van der Waals surface area contributed by atoms with Gasteiger partial charge in [-0.2, -0.15) is 0 Å². The van der Waals surface area contributed by atoms with Crippen LogP contribution in [-0.4, -0.2) is 13.5 Å². The van der Waals surface area contributed by atoms with Crippen molar-refractivity contribution in [3.05, 3.63) is 35.4 Å². The number of aliphatic hydroxyl groups excluding tert-OH is 1. The summed E-state index contributed by atoms with van der Waals surface area (Å²) in [6.45, 7) is -0.112. The van der Waals surface area contributed by atoms with Crippen molar-refractivity contribution >= 4 is 10.7 Å². The molecule has 1 aromatic carbocycles. The fourth-order valence-electron chi connectivity index (χ4n) is 1.01. The molecule has 1 N–H and O–H groups in total. The fourth-order valence-corrected chi connectivity index (χ4v) is 1.59. The highest BCUT2D eigenvalue weighted by Crippen LogP contribution is 2.08. The van der Waals surface area contributed by atoms with Crippen LogP contribution in [0.1, 0.15) is 11.1 Å². The molecule has 0 aliphatic carbocycles. The molecular weight excluding hydrogens is 176 g/mol. The molecule has 0 bridgehead atoms. The van der Waals surface area contributed by atoms with Crippen LogP contribution in [0.4, 0.5) is 0 Å². The zero-order valence-electron chi connectivity index (χ0n) is 6.43. The van der Waals surface area contributed by atoms with Gasteiger partial charge in [0.15, 0.2) is 0 Å². The van der Waals surface area contributed by atoms with E-state index in [1.807, 2.05) is 0 Å². The van der Waals surface area contributed by atoms with Crippen molar-refractivity contribution in [3.63, 3.8) is 0 Å². The normalized spacial score (nSPS) is 10.5. The molecular formula is C8H10O3S. The highest BCUT2D eigenvalue weighted by molar-refractivity contribution is 7.71. The van der Waals surface area contributed by atoms with Crippen LogP contribution in [0.5, 0.6) is 0 Å². The quantitative estimate of drug-likeness (QED) is 0.667. The van der Waals surface area contributed by atoms with Crippen molar-refractivity contribution in [2.24, 2.45) is 0 Å². The van der Waals surface area contributed by atoms with E-state index in [0.29, 0.717) is 11.1 Å². The molecule has 0 fully saturated rings. The fraction of sp³-hybridized carbons (Fsp3) is 0.250. The molecule has 0 atom stereocenters. The molecule has 0 saturated carbocycles. The van der Waals surface area contributed by atoms with Gasteiger partial charge < -0.3 is 5.11 Å². The predicted molar refractivity (Wildman–Crippen MR) is 46.4 cm³/mol. The third-order valence-electron chi connectivity index (χ3n) is 1.59. The molecule has 3 nitrogen and oxygen atoms in total. The third kappa shape index (κ3) is 2.32. The Bertz CT molecular complexity index is 323. The molecule has 1 aromatic rings. The first-order chi connectivity index (χ1) is 5.74. The van der Waals surface area contributed by atoms with Crippen LogP contribution in [0.15, 0.2) is 24.3 Å². The smallest absolute Gasteiger partial charge is 0.144 e. The first-order valence-corrected chi connectivity index (χ1v) is 4.89. The molecule has 1 rings (SSSR count). The molecule has 0 heterocycles. The van der Waals surface area contributed by atoms with Gasteiger partial charge in [0.05, 0.1) is 12.4 Å². The first kappa shape index (κ1) is 9.22. The summed E-state index contributed by atoms with van der Waals surface area (Å²) in [6, 6.07) is 6.95. The Morgan fingerprint density at radius 2 is 1.75 bits per heavy atom. The standard InChI is InChI=1S/C8H10O3S/c9-5-7-3-1-2-4-8(7)6-12(10)11/h1-4,9,12H,5-6H2. The second-order valence-corrected chi connectivity index (χ2v) is 3.40. The molecule has 0 saturated heterocycles. The van der Waals surface area contributed by atoms with E-state index < -0.39 is 10.7 Å². The lowest BCUT2D eigenvalue weighted by Gasteiger charge is -2.01. The summed E-state index contributed by atoms with van der Waals surface area (Å²) in [5, 5.41) is 8.83. The van der Waals surface area contributed by atoms with E-state index >= 15 is 0 Å². The Kier molecular flexibility index (Phi) is 3.25. The molecule has 66 valence electrons. The molecule has 0 aliphatic heterocycles. The van der Waals surface area contributed by atoms with Gasteiger partial charge in [-0.25, -0.2) is 8.42 Å². The Morgan fingerprint density at radius 3 is 2.25 bits per heavy atom. The lowest BCUT2D eigenvalue weighted by Crippen LogP contribution is -1.94. The summed E-state index contributed by atoms with van der Waals surface area (Å²) in [4.78, 5) is 0. The van der Waals surface area contributed by atoms with E-state index in [-0.39, 0.29) is 12.4 Å². The van der Waals surface area contributed by atoms with Crippen LogP contribution in [-0.2, 0) is 23.1 Å². The maximum absolute atomic E-state index is 10.4. The highest BCUT2D eigenvalue weighted by Gasteiger charge is 2.00. The largest absolute Gasteiger partial charge is 0.392 e. The van der Waals surface area contributed by atoms with Crippen molar-refractivity contribution in [1.82, 2.24) is 0 Å². The molecule has 0 radical (unpaired) electrons. The zero-order valence-corrected chi connectivity index (χ0v) is 7.33. The SMILES string of the molecule is O=[SH](=O)Cc1ccccc1CO. The molecule has 4 heteroatoms. The molecule has 0 aliphatic rings. The van der Waals surface area contributed by atoms with Gasteiger partial charge in [0.25, 0.3) is 0 Å². The summed E-state index contributed by atoms with van der Waals surface area (Å²) >= 11 is 0. The molecule has 0 unspecified atom stereocenters. The minimum absolute atomic E-state index is 0.00602.